The molecule has 0 aromatic heterocycles. The summed E-state index contributed by atoms with van der Waals surface area (Å²) >= 11 is 0. The van der Waals surface area contributed by atoms with Crippen molar-refractivity contribution in [1.29, 1.82) is 0 Å². The number of benzene rings is 1. The summed E-state index contributed by atoms with van der Waals surface area (Å²) in [6, 6.07) is 8.59. The second-order valence-corrected chi connectivity index (χ2v) is 7.23. The predicted molar refractivity (Wildman–Crippen MR) is 106 cm³/mol. The summed E-state index contributed by atoms with van der Waals surface area (Å²) in [4.78, 5) is 0. The zero-order valence-corrected chi connectivity index (χ0v) is 17.4. The van der Waals surface area contributed by atoms with E-state index in [0.29, 0.717) is 30.3 Å². The van der Waals surface area contributed by atoms with Gasteiger partial charge in [0.2, 0.25) is 6.29 Å². The van der Waals surface area contributed by atoms with Gasteiger partial charge >= 0.3 is 0 Å². The van der Waals surface area contributed by atoms with E-state index in [4.69, 9.17) is 9.47 Å². The summed E-state index contributed by atoms with van der Waals surface area (Å²) < 4.78 is 11.6. The molecular weight excluding hydrogens is 296 g/mol. The highest BCUT2D eigenvalue weighted by Gasteiger charge is 2.18. The van der Waals surface area contributed by atoms with Gasteiger partial charge in [0.25, 0.3) is 0 Å². The lowest BCUT2D eigenvalue weighted by Crippen LogP contribution is -2.26. The van der Waals surface area contributed by atoms with E-state index >= 15 is 0 Å². The first-order chi connectivity index (χ1) is 11.3. The van der Waals surface area contributed by atoms with Crippen LogP contribution in [0.5, 0.6) is 5.75 Å². The minimum atomic E-state index is -0.174. The Morgan fingerprint density at radius 1 is 0.833 bits per heavy atom. The molecule has 0 spiro atoms. The molecule has 0 N–H and O–H groups in total. The normalized spacial score (nSPS) is 13.7. The Kier molecular flexibility index (Phi) is 11.8. The van der Waals surface area contributed by atoms with Gasteiger partial charge in [0, 0.05) is 12.5 Å². The summed E-state index contributed by atoms with van der Waals surface area (Å²) in [5.41, 5.74) is 1.41. The van der Waals surface area contributed by atoms with Crippen molar-refractivity contribution >= 4 is 0 Å². The Bertz CT molecular complexity index is 406. The van der Waals surface area contributed by atoms with E-state index < -0.39 is 0 Å². The summed E-state index contributed by atoms with van der Waals surface area (Å²) in [6.07, 6.45) is 1.05. The maximum atomic E-state index is 5.97. The number of ether oxygens (including phenoxy) is 2. The molecule has 24 heavy (non-hydrogen) atoms. The van der Waals surface area contributed by atoms with E-state index in [0.717, 1.165) is 5.75 Å². The molecule has 0 aliphatic carbocycles. The first kappa shape index (κ1) is 23.0. The lowest BCUT2D eigenvalue weighted by molar-refractivity contribution is -0.103. The van der Waals surface area contributed by atoms with Gasteiger partial charge in [-0.1, -0.05) is 67.5 Å². The Hall–Kier alpha value is -1.02. The van der Waals surface area contributed by atoms with Crippen LogP contribution in [0.1, 0.15) is 80.2 Å². The first-order valence-corrected chi connectivity index (χ1v) is 9.73. The molecule has 0 saturated heterocycles. The van der Waals surface area contributed by atoms with Crippen molar-refractivity contribution in [1.82, 2.24) is 0 Å². The van der Waals surface area contributed by atoms with Crippen molar-refractivity contribution in [2.45, 2.75) is 80.9 Å². The zero-order valence-electron chi connectivity index (χ0n) is 17.4. The van der Waals surface area contributed by atoms with E-state index in [-0.39, 0.29) is 6.29 Å². The van der Waals surface area contributed by atoms with Gasteiger partial charge in [-0.2, -0.15) is 0 Å². The average Bonchev–Trinajstić information content (AvgIpc) is 2.54. The lowest BCUT2D eigenvalue weighted by Gasteiger charge is -2.25. The van der Waals surface area contributed by atoms with E-state index in [1.807, 2.05) is 20.8 Å². The van der Waals surface area contributed by atoms with E-state index in [2.05, 4.69) is 65.8 Å². The minimum Gasteiger partial charge on any atom is -0.465 e. The Labute approximate surface area is 151 Å². The number of hydrogen-bond donors (Lipinski definition) is 0. The Morgan fingerprint density at radius 3 is 1.75 bits per heavy atom. The van der Waals surface area contributed by atoms with Crippen LogP contribution in [0.4, 0.5) is 0 Å². The predicted octanol–water partition coefficient (Wildman–Crippen LogP) is 6.90. The topological polar surface area (TPSA) is 18.5 Å². The third kappa shape index (κ3) is 8.19. The molecule has 0 saturated carbocycles. The second kappa shape index (κ2) is 12.4. The smallest absolute Gasteiger partial charge is 0.202 e. The fraction of sp³-hybridized carbons (Fsp3) is 0.727. The monoisotopic (exact) mass is 336 g/mol. The van der Waals surface area contributed by atoms with Gasteiger partial charge in [-0.05, 0) is 48.8 Å². The molecule has 0 fully saturated rings. The molecule has 0 bridgehead atoms. The van der Waals surface area contributed by atoms with Gasteiger partial charge in [-0.3, -0.25) is 0 Å². The third-order valence-electron chi connectivity index (χ3n) is 3.97. The van der Waals surface area contributed by atoms with Crippen LogP contribution in [0, 0.1) is 17.8 Å². The standard InChI is InChI=1S/C20H34O2.C2H6/c1-8-21-20(16(6)7)22-18-11-9-17(10-12-18)19(15(4)5)13-14(2)3;1-2/h9-12,14-16,19-20H,8,13H2,1-7H3;1-2H3. The highest BCUT2D eigenvalue weighted by molar-refractivity contribution is 5.30. The number of hydrogen-bond acceptors (Lipinski definition) is 2. The average molecular weight is 337 g/mol. The van der Waals surface area contributed by atoms with Gasteiger partial charge in [-0.15, -0.1) is 0 Å². The van der Waals surface area contributed by atoms with Crippen molar-refractivity contribution in [2.75, 3.05) is 6.61 Å². The molecule has 0 amide bonds. The molecule has 2 nitrogen and oxygen atoms in total. The molecule has 0 radical (unpaired) electrons. The quantitative estimate of drug-likeness (QED) is 0.457. The molecule has 1 aromatic rings. The Morgan fingerprint density at radius 2 is 1.38 bits per heavy atom. The van der Waals surface area contributed by atoms with Crippen LogP contribution >= 0.6 is 0 Å². The summed E-state index contributed by atoms with van der Waals surface area (Å²) in [7, 11) is 0. The minimum absolute atomic E-state index is 0.174. The molecule has 2 atom stereocenters. The van der Waals surface area contributed by atoms with Crippen molar-refractivity contribution in [3.8, 4) is 5.75 Å². The molecular formula is C22H40O2. The highest BCUT2D eigenvalue weighted by Crippen LogP contribution is 2.32. The van der Waals surface area contributed by atoms with Gasteiger partial charge in [0.15, 0.2) is 0 Å². The molecule has 2 unspecified atom stereocenters. The van der Waals surface area contributed by atoms with Crippen LogP contribution in [0.3, 0.4) is 0 Å². The SMILES string of the molecule is CC.CCOC(Oc1ccc(C(CC(C)C)C(C)C)cc1)C(C)C. The molecule has 2 heteroatoms. The molecule has 0 aliphatic rings. The van der Waals surface area contributed by atoms with Gasteiger partial charge in [0.05, 0.1) is 0 Å². The van der Waals surface area contributed by atoms with Crippen LogP contribution in [-0.2, 0) is 4.74 Å². The maximum absolute atomic E-state index is 5.97. The molecule has 1 rings (SSSR count). The van der Waals surface area contributed by atoms with Crippen LogP contribution < -0.4 is 4.74 Å². The van der Waals surface area contributed by atoms with Gasteiger partial charge in [-0.25, -0.2) is 0 Å². The van der Waals surface area contributed by atoms with E-state index in [9.17, 15) is 0 Å². The summed E-state index contributed by atoms with van der Waals surface area (Å²) in [6.45, 7) is 20.1. The third-order valence-corrected chi connectivity index (χ3v) is 3.97. The highest BCUT2D eigenvalue weighted by atomic mass is 16.7. The van der Waals surface area contributed by atoms with Gasteiger partial charge < -0.3 is 9.47 Å². The summed E-state index contributed by atoms with van der Waals surface area (Å²) in [5.74, 6) is 3.21. The van der Waals surface area contributed by atoms with Crippen LogP contribution in [0.15, 0.2) is 24.3 Å². The molecule has 0 heterocycles. The fourth-order valence-electron chi connectivity index (χ4n) is 2.76. The van der Waals surface area contributed by atoms with E-state index in [1.165, 1.54) is 12.0 Å². The zero-order chi connectivity index (χ0) is 18.7. The van der Waals surface area contributed by atoms with E-state index in [1.54, 1.807) is 0 Å². The van der Waals surface area contributed by atoms with Crippen LogP contribution in [0.25, 0.3) is 0 Å². The maximum Gasteiger partial charge on any atom is 0.202 e. The van der Waals surface area contributed by atoms with Crippen molar-refractivity contribution in [3.63, 3.8) is 0 Å². The summed E-state index contributed by atoms with van der Waals surface area (Å²) in [5, 5.41) is 0. The number of rotatable bonds is 9. The molecule has 140 valence electrons. The van der Waals surface area contributed by atoms with Crippen LogP contribution in [-0.4, -0.2) is 12.9 Å². The van der Waals surface area contributed by atoms with Crippen molar-refractivity contribution in [3.05, 3.63) is 29.8 Å². The largest absolute Gasteiger partial charge is 0.465 e. The molecule has 0 aliphatic heterocycles. The van der Waals surface area contributed by atoms with Crippen molar-refractivity contribution in [2.24, 2.45) is 17.8 Å². The first-order valence-electron chi connectivity index (χ1n) is 9.73. The second-order valence-electron chi connectivity index (χ2n) is 7.23. The molecule has 1 aromatic carbocycles. The van der Waals surface area contributed by atoms with Crippen molar-refractivity contribution < 1.29 is 9.47 Å². The lowest BCUT2D eigenvalue weighted by atomic mass is 9.82. The fourth-order valence-corrected chi connectivity index (χ4v) is 2.76. The Balaban J connectivity index is 0.00000254. The van der Waals surface area contributed by atoms with Crippen LogP contribution in [0.2, 0.25) is 0 Å². The van der Waals surface area contributed by atoms with Gasteiger partial charge in [0.1, 0.15) is 5.75 Å².